The van der Waals surface area contributed by atoms with Crippen LogP contribution in [0, 0.1) is 19.8 Å². The molecule has 5 aromatic rings. The SMILES string of the molecule is Cc1cc([C@H]2CN(c3cc(-c4ccccc4O)nnc3N)CCO2)ccc1C(=O)N1CCN(CC2CCC(n3cc(C)c4cc(N5CCC(=O)NC5=O)cnc43)CC2)CC1. The number of fused-ring (bicyclic) bond motifs is 1. The van der Waals surface area contributed by atoms with E-state index in [0.29, 0.717) is 74.1 Å². The predicted molar refractivity (Wildman–Crippen MR) is 229 cm³/mol. The van der Waals surface area contributed by atoms with Gasteiger partial charge in [-0.25, -0.2) is 9.78 Å². The molecule has 1 atom stereocenters. The standard InChI is InChI=1S/C45H52N10O5/c1-28-21-31(40-27-53(19-20-60-40)38-23-37(49-50-42(38)46)35-5-3-4-6-39(35)56)9-12-34(28)44(58)52-17-15-51(16-18-52)26-30-7-10-32(11-8-30)55-25-29(2)36-22-33(24-47-43(36)55)54-14-13-41(57)48-45(54)59/h3-6,9,12,21-25,30,32,40,56H,7-8,10-11,13-20,26-27H2,1-2H3,(H2,46,50)(H,48,57,59)/t30?,32?,40-/m1/s1. The summed E-state index contributed by atoms with van der Waals surface area (Å²) in [5, 5.41) is 22.3. The Bertz CT molecular complexity index is 2440. The van der Waals surface area contributed by atoms with Gasteiger partial charge in [0.25, 0.3) is 5.91 Å². The molecule has 4 N–H and O–H groups in total. The lowest BCUT2D eigenvalue weighted by Crippen LogP contribution is -2.50. The number of nitrogen functional groups attached to an aromatic ring is 1. The number of pyridine rings is 1. The van der Waals surface area contributed by atoms with Crippen LogP contribution in [0.25, 0.3) is 22.3 Å². The second kappa shape index (κ2) is 16.5. The smallest absolute Gasteiger partial charge is 0.328 e. The van der Waals surface area contributed by atoms with Gasteiger partial charge in [0.2, 0.25) is 5.91 Å². The van der Waals surface area contributed by atoms with E-state index in [-0.39, 0.29) is 30.1 Å². The van der Waals surface area contributed by atoms with E-state index >= 15 is 0 Å². The number of carbonyl (C=O) groups is 3. The highest BCUT2D eigenvalue weighted by atomic mass is 16.5. The number of nitrogens with two attached hydrogens (primary N) is 1. The number of benzene rings is 2. The van der Waals surface area contributed by atoms with Crippen LogP contribution in [0.15, 0.2) is 67.0 Å². The summed E-state index contributed by atoms with van der Waals surface area (Å²) in [4.78, 5) is 51.0. The number of urea groups is 1. The van der Waals surface area contributed by atoms with Gasteiger partial charge in [-0.1, -0.05) is 24.3 Å². The summed E-state index contributed by atoms with van der Waals surface area (Å²) >= 11 is 0. The number of piperazine rings is 1. The molecule has 3 saturated heterocycles. The van der Waals surface area contributed by atoms with Crippen molar-refractivity contribution in [2.75, 3.05) is 74.5 Å². The fraction of sp³-hybridized carbons (Fsp3) is 0.422. The number of nitrogens with zero attached hydrogens (tertiary/aromatic N) is 8. The molecule has 0 bridgehead atoms. The largest absolute Gasteiger partial charge is 0.507 e. The van der Waals surface area contributed by atoms with Crippen molar-refractivity contribution in [3.63, 3.8) is 0 Å². The van der Waals surface area contributed by atoms with Gasteiger partial charge >= 0.3 is 6.03 Å². The molecule has 4 amide bonds. The van der Waals surface area contributed by atoms with E-state index in [2.05, 4.69) is 49.1 Å². The van der Waals surface area contributed by atoms with Crippen LogP contribution in [0.5, 0.6) is 5.75 Å². The first-order chi connectivity index (χ1) is 29.1. The number of anilines is 3. The average molecular weight is 813 g/mol. The Kier molecular flexibility index (Phi) is 10.9. The summed E-state index contributed by atoms with van der Waals surface area (Å²) in [5.41, 5.74) is 13.6. The van der Waals surface area contributed by atoms with Crippen molar-refractivity contribution in [3.8, 4) is 17.0 Å². The third-order valence-electron chi connectivity index (χ3n) is 12.8. The number of carbonyl (C=O) groups excluding carboxylic acids is 3. The number of ether oxygens (including phenoxy) is 1. The molecule has 9 rings (SSSR count). The molecular formula is C45H52N10O5. The molecule has 15 heteroatoms. The van der Waals surface area contributed by atoms with Crippen LogP contribution < -0.4 is 20.9 Å². The number of rotatable bonds is 8. The van der Waals surface area contributed by atoms with Gasteiger partial charge in [0.1, 0.15) is 17.5 Å². The Labute approximate surface area is 349 Å². The van der Waals surface area contributed by atoms with Gasteiger partial charge in [-0.3, -0.25) is 24.7 Å². The number of hydrogen-bond acceptors (Lipinski definition) is 11. The molecule has 0 unspecified atom stereocenters. The van der Waals surface area contributed by atoms with E-state index in [1.807, 2.05) is 42.2 Å². The van der Waals surface area contributed by atoms with Crippen molar-refractivity contribution in [1.82, 2.24) is 34.9 Å². The third-order valence-corrected chi connectivity index (χ3v) is 12.8. The van der Waals surface area contributed by atoms with E-state index in [1.165, 1.54) is 0 Å². The van der Waals surface area contributed by atoms with Gasteiger partial charge in [-0.2, -0.15) is 0 Å². The molecule has 60 heavy (non-hydrogen) atoms. The van der Waals surface area contributed by atoms with Gasteiger partial charge in [0.15, 0.2) is 5.82 Å². The monoisotopic (exact) mass is 812 g/mol. The number of aromatic hydroxyl groups is 1. The van der Waals surface area contributed by atoms with E-state index in [0.717, 1.165) is 84.3 Å². The van der Waals surface area contributed by atoms with Gasteiger partial charge in [-0.05, 0) is 92.5 Å². The van der Waals surface area contributed by atoms with Gasteiger partial charge in [0, 0.05) is 87.5 Å². The molecule has 1 saturated carbocycles. The molecule has 312 valence electrons. The third kappa shape index (κ3) is 7.86. The zero-order valence-electron chi connectivity index (χ0n) is 34.2. The predicted octanol–water partition coefficient (Wildman–Crippen LogP) is 5.61. The minimum absolute atomic E-state index is 0.0713. The Balaban J connectivity index is 0.767. The first-order valence-corrected chi connectivity index (χ1v) is 21.1. The number of para-hydroxylation sites is 1. The van der Waals surface area contributed by atoms with Crippen LogP contribution in [0.3, 0.4) is 0 Å². The maximum atomic E-state index is 13.8. The van der Waals surface area contributed by atoms with Gasteiger partial charge in [-0.15, -0.1) is 10.2 Å². The molecule has 3 aromatic heterocycles. The lowest BCUT2D eigenvalue weighted by atomic mass is 9.85. The second-order valence-electron chi connectivity index (χ2n) is 16.7. The van der Waals surface area contributed by atoms with E-state index in [9.17, 15) is 19.5 Å². The molecule has 3 aliphatic heterocycles. The molecule has 0 spiro atoms. The topological polar surface area (TPSA) is 175 Å². The molecule has 1 aliphatic carbocycles. The average Bonchev–Trinajstić information content (AvgIpc) is 3.59. The number of morpholine rings is 1. The summed E-state index contributed by atoms with van der Waals surface area (Å²) in [7, 11) is 0. The van der Waals surface area contributed by atoms with Crippen LogP contribution in [0.4, 0.5) is 22.0 Å². The molecule has 2 aromatic carbocycles. The summed E-state index contributed by atoms with van der Waals surface area (Å²) in [6.45, 7) is 10.3. The first-order valence-electron chi connectivity index (χ1n) is 21.1. The molecule has 0 radical (unpaired) electrons. The molecule has 15 nitrogen and oxygen atoms in total. The molecule has 4 fully saturated rings. The number of imide groups is 1. The molecular weight excluding hydrogens is 761 g/mol. The number of phenols is 1. The Hall–Kier alpha value is -6.06. The number of aryl methyl sites for hydroxylation is 2. The van der Waals surface area contributed by atoms with E-state index < -0.39 is 6.03 Å². The highest BCUT2D eigenvalue weighted by Gasteiger charge is 2.31. The number of hydrogen-bond donors (Lipinski definition) is 3. The minimum Gasteiger partial charge on any atom is -0.507 e. The lowest BCUT2D eigenvalue weighted by Gasteiger charge is -2.38. The van der Waals surface area contributed by atoms with Gasteiger partial charge < -0.3 is 29.9 Å². The zero-order valence-corrected chi connectivity index (χ0v) is 34.2. The minimum atomic E-state index is -0.398. The molecule has 6 heterocycles. The maximum Gasteiger partial charge on any atom is 0.328 e. The highest BCUT2D eigenvalue weighted by molar-refractivity contribution is 6.06. The Morgan fingerprint density at radius 1 is 0.933 bits per heavy atom. The summed E-state index contributed by atoms with van der Waals surface area (Å²) < 4.78 is 8.55. The summed E-state index contributed by atoms with van der Waals surface area (Å²) in [5.74, 6) is 0.889. The van der Waals surface area contributed by atoms with Crippen molar-refractivity contribution in [2.45, 2.75) is 58.1 Å². The number of nitrogens with one attached hydrogen (secondary N) is 1. The van der Waals surface area contributed by atoms with Crippen LogP contribution in [-0.4, -0.2) is 111 Å². The summed E-state index contributed by atoms with van der Waals surface area (Å²) in [6, 6.07) is 16.9. The fourth-order valence-electron chi connectivity index (χ4n) is 9.46. The van der Waals surface area contributed by atoms with Crippen molar-refractivity contribution in [1.29, 1.82) is 0 Å². The Morgan fingerprint density at radius 2 is 1.73 bits per heavy atom. The quantitative estimate of drug-likeness (QED) is 0.178. The molecule has 4 aliphatic rings. The van der Waals surface area contributed by atoms with Gasteiger partial charge in [0.05, 0.1) is 29.9 Å². The zero-order chi connectivity index (χ0) is 41.5. The number of amides is 4. The van der Waals surface area contributed by atoms with Crippen LogP contribution in [-0.2, 0) is 9.53 Å². The van der Waals surface area contributed by atoms with Crippen LogP contribution in [0.1, 0.15) is 71.3 Å². The highest BCUT2D eigenvalue weighted by Crippen LogP contribution is 2.37. The Morgan fingerprint density at radius 3 is 2.50 bits per heavy atom. The van der Waals surface area contributed by atoms with Crippen LogP contribution in [0.2, 0.25) is 0 Å². The number of phenolic OH excluding ortho intramolecular Hbond substituents is 1. The lowest BCUT2D eigenvalue weighted by molar-refractivity contribution is -0.120. The normalized spacial score (nSPS) is 21.7. The second-order valence-corrected chi connectivity index (χ2v) is 16.7. The van der Waals surface area contributed by atoms with Crippen molar-refractivity contribution in [3.05, 3.63) is 89.2 Å². The van der Waals surface area contributed by atoms with E-state index in [1.54, 1.807) is 29.3 Å². The first kappa shape index (κ1) is 39.4. The van der Waals surface area contributed by atoms with Crippen LogP contribution >= 0.6 is 0 Å². The van der Waals surface area contributed by atoms with Crippen molar-refractivity contribution in [2.24, 2.45) is 5.92 Å². The van der Waals surface area contributed by atoms with Crippen molar-refractivity contribution < 1.29 is 24.2 Å². The number of aromatic nitrogens is 4. The fourth-order valence-corrected chi connectivity index (χ4v) is 9.46. The van der Waals surface area contributed by atoms with E-state index in [4.69, 9.17) is 15.5 Å². The summed E-state index contributed by atoms with van der Waals surface area (Å²) in [6.07, 6.45) is 8.46. The van der Waals surface area contributed by atoms with Crippen molar-refractivity contribution >= 4 is 46.1 Å². The maximum absolute atomic E-state index is 13.8.